The molecule has 4 rings (SSSR count). The number of aliphatic hydroxyl groups is 1. The number of carboxylic acid groups (broad SMARTS) is 1. The summed E-state index contributed by atoms with van der Waals surface area (Å²) in [6.07, 6.45) is 2.61. The number of amides is 1. The summed E-state index contributed by atoms with van der Waals surface area (Å²) in [4.78, 5) is 25.2. The van der Waals surface area contributed by atoms with Crippen LogP contribution >= 0.6 is 11.6 Å². The molecule has 3 atom stereocenters. The van der Waals surface area contributed by atoms with E-state index in [1.165, 1.54) is 22.7 Å². The molecule has 2 aliphatic rings. The van der Waals surface area contributed by atoms with Gasteiger partial charge < -0.3 is 19.9 Å². The Bertz CT molecular complexity index is 944. The number of halogens is 1. The summed E-state index contributed by atoms with van der Waals surface area (Å²) >= 11 is 6.20. The van der Waals surface area contributed by atoms with Gasteiger partial charge in [0.15, 0.2) is 0 Å². The zero-order valence-corrected chi connectivity index (χ0v) is 17.4. The van der Waals surface area contributed by atoms with Gasteiger partial charge in [0.25, 0.3) is 0 Å². The van der Waals surface area contributed by atoms with E-state index in [0.717, 1.165) is 0 Å². The molecule has 0 radical (unpaired) electrons. The van der Waals surface area contributed by atoms with Gasteiger partial charge in [-0.05, 0) is 42.7 Å². The van der Waals surface area contributed by atoms with E-state index in [1.54, 1.807) is 24.4 Å². The van der Waals surface area contributed by atoms with E-state index in [1.807, 2.05) is 0 Å². The van der Waals surface area contributed by atoms with E-state index >= 15 is 0 Å². The smallest absolute Gasteiger partial charge is 0.543 e. The van der Waals surface area contributed by atoms with Crippen molar-refractivity contribution >= 4 is 29.1 Å². The molecule has 0 bridgehead atoms. The maximum Gasteiger partial charge on any atom is 1.00 e. The van der Waals surface area contributed by atoms with Crippen LogP contribution in [0.2, 0.25) is 5.02 Å². The first-order chi connectivity index (χ1) is 12.4. The minimum Gasteiger partial charge on any atom is -0.543 e. The Morgan fingerprint density at radius 2 is 2.15 bits per heavy atom. The standard InChI is InChI=1S/C17H15ClN4O4.Na/c1-8(23)14-13-7-12(15(17(25)26)22(13)16(14)24)9-4-10(18)6-11(5-9)21-3-2-19-20-21;/h2-6,8,13-14,23H,7H2,1H3,(H,25,26);/q;+1/p-1/t8-,13?,14-;/m1./s1. The molecule has 1 amide bonds. The summed E-state index contributed by atoms with van der Waals surface area (Å²) in [6, 6.07) is 4.65. The molecule has 134 valence electrons. The van der Waals surface area contributed by atoms with Crippen molar-refractivity contribution in [3.63, 3.8) is 0 Å². The van der Waals surface area contributed by atoms with Crippen LogP contribution in [0.15, 0.2) is 36.3 Å². The van der Waals surface area contributed by atoms with Crippen LogP contribution in [0, 0.1) is 5.92 Å². The number of benzene rings is 1. The van der Waals surface area contributed by atoms with Crippen molar-refractivity contribution in [3.05, 3.63) is 46.9 Å². The number of β-lactam (4-membered cyclic amide) rings is 1. The van der Waals surface area contributed by atoms with Gasteiger partial charge in [0.2, 0.25) is 5.91 Å². The zero-order chi connectivity index (χ0) is 18.6. The number of carboxylic acids is 1. The third-order valence-corrected chi connectivity index (χ3v) is 5.06. The van der Waals surface area contributed by atoms with Crippen molar-refractivity contribution in [3.8, 4) is 5.69 Å². The number of hydrogen-bond acceptors (Lipinski definition) is 6. The second kappa shape index (κ2) is 7.37. The molecular weight excluding hydrogens is 383 g/mol. The molecule has 1 N–H and O–H groups in total. The van der Waals surface area contributed by atoms with E-state index < -0.39 is 23.9 Å². The van der Waals surface area contributed by atoms with Crippen LogP contribution in [0.25, 0.3) is 11.3 Å². The molecule has 1 unspecified atom stereocenters. The van der Waals surface area contributed by atoms with Crippen LogP contribution in [0.5, 0.6) is 0 Å². The van der Waals surface area contributed by atoms with Gasteiger partial charge in [-0.3, -0.25) is 4.79 Å². The van der Waals surface area contributed by atoms with Gasteiger partial charge in [-0.1, -0.05) is 16.8 Å². The molecule has 27 heavy (non-hydrogen) atoms. The second-order valence-electron chi connectivity index (χ2n) is 6.41. The average molecular weight is 397 g/mol. The predicted molar refractivity (Wildman–Crippen MR) is 88.7 cm³/mol. The Morgan fingerprint density at radius 3 is 2.74 bits per heavy atom. The number of rotatable bonds is 4. The van der Waals surface area contributed by atoms with Crippen molar-refractivity contribution in [2.75, 3.05) is 0 Å². The third-order valence-electron chi connectivity index (χ3n) is 4.84. The van der Waals surface area contributed by atoms with E-state index in [0.29, 0.717) is 28.3 Å². The van der Waals surface area contributed by atoms with Crippen LogP contribution in [0.3, 0.4) is 0 Å². The molecule has 1 saturated heterocycles. The molecule has 0 spiro atoms. The molecule has 2 aromatic rings. The molecule has 10 heteroatoms. The zero-order valence-electron chi connectivity index (χ0n) is 14.7. The Labute approximate surface area is 181 Å². The van der Waals surface area contributed by atoms with Gasteiger partial charge in [0.1, 0.15) is 0 Å². The number of nitrogens with zero attached hydrogens (tertiary/aromatic N) is 4. The fraction of sp³-hybridized carbons (Fsp3) is 0.294. The fourth-order valence-electron chi connectivity index (χ4n) is 3.74. The molecule has 0 saturated carbocycles. The van der Waals surface area contributed by atoms with Gasteiger partial charge in [-0.15, -0.1) is 5.10 Å². The van der Waals surface area contributed by atoms with Crippen LogP contribution < -0.4 is 34.7 Å². The molecule has 0 aliphatic carbocycles. The quantitative estimate of drug-likeness (QED) is 0.435. The molecule has 1 fully saturated rings. The molecular formula is C17H14ClN4NaO4. The van der Waals surface area contributed by atoms with Gasteiger partial charge >= 0.3 is 29.6 Å². The topological polar surface area (TPSA) is 111 Å². The van der Waals surface area contributed by atoms with Crippen molar-refractivity contribution in [1.82, 2.24) is 19.9 Å². The Kier molecular flexibility index (Phi) is 5.47. The number of aromatic nitrogens is 3. The van der Waals surface area contributed by atoms with Crippen molar-refractivity contribution in [2.45, 2.75) is 25.5 Å². The van der Waals surface area contributed by atoms with Gasteiger partial charge in [0, 0.05) is 5.02 Å². The average Bonchev–Trinajstić information content (AvgIpc) is 3.19. The monoisotopic (exact) mass is 396 g/mol. The maximum atomic E-state index is 12.3. The van der Waals surface area contributed by atoms with Crippen molar-refractivity contribution in [2.24, 2.45) is 5.92 Å². The van der Waals surface area contributed by atoms with Crippen molar-refractivity contribution < 1.29 is 49.4 Å². The Morgan fingerprint density at radius 1 is 1.41 bits per heavy atom. The number of carbonyl (C=O) groups excluding carboxylic acids is 2. The Balaban J connectivity index is 0.00000210. The second-order valence-corrected chi connectivity index (χ2v) is 6.84. The molecule has 3 heterocycles. The van der Waals surface area contributed by atoms with E-state index in [-0.39, 0.29) is 41.3 Å². The molecule has 8 nitrogen and oxygen atoms in total. The minimum absolute atomic E-state index is 0. The summed E-state index contributed by atoms with van der Waals surface area (Å²) in [7, 11) is 0. The van der Waals surface area contributed by atoms with Crippen LogP contribution in [0.4, 0.5) is 0 Å². The first kappa shape index (κ1) is 20.0. The third kappa shape index (κ3) is 3.21. The number of aliphatic hydroxyl groups excluding tert-OH is 1. The first-order valence-corrected chi connectivity index (χ1v) is 8.39. The van der Waals surface area contributed by atoms with E-state index in [4.69, 9.17) is 11.6 Å². The number of aliphatic carboxylic acids is 1. The van der Waals surface area contributed by atoms with E-state index in [9.17, 15) is 19.8 Å². The molecule has 1 aromatic heterocycles. The SMILES string of the molecule is C[C@@H](O)[C@H]1C(=O)N2C(C(=O)[O-])=C(c3cc(Cl)cc(-n4ccnn4)c3)CC12.[Na+]. The van der Waals surface area contributed by atoms with Crippen LogP contribution in [0.1, 0.15) is 18.9 Å². The number of carbonyl (C=O) groups is 2. The molecule has 2 aliphatic heterocycles. The van der Waals surface area contributed by atoms with Crippen molar-refractivity contribution in [1.29, 1.82) is 0 Å². The van der Waals surface area contributed by atoms with Crippen LogP contribution in [-0.4, -0.2) is 49.0 Å². The van der Waals surface area contributed by atoms with Crippen LogP contribution in [-0.2, 0) is 9.59 Å². The first-order valence-electron chi connectivity index (χ1n) is 8.01. The normalized spacial score (nSPS) is 22.2. The summed E-state index contributed by atoms with van der Waals surface area (Å²) in [5.41, 5.74) is 1.47. The minimum atomic E-state index is -1.43. The summed E-state index contributed by atoms with van der Waals surface area (Å²) in [6.45, 7) is 1.53. The summed E-state index contributed by atoms with van der Waals surface area (Å²) < 4.78 is 1.50. The largest absolute Gasteiger partial charge is 1.00 e. The summed E-state index contributed by atoms with van der Waals surface area (Å²) in [5, 5.41) is 29.6. The summed E-state index contributed by atoms with van der Waals surface area (Å²) in [5.74, 6) is -2.45. The predicted octanol–water partition coefficient (Wildman–Crippen LogP) is -3.00. The number of hydrogen-bond donors (Lipinski definition) is 1. The number of fused-ring (bicyclic) bond motifs is 1. The maximum absolute atomic E-state index is 12.3. The van der Waals surface area contributed by atoms with Gasteiger partial charge in [-0.25, -0.2) is 4.68 Å². The van der Waals surface area contributed by atoms with E-state index in [2.05, 4.69) is 10.3 Å². The van der Waals surface area contributed by atoms with Gasteiger partial charge in [0.05, 0.1) is 47.8 Å². The fourth-order valence-corrected chi connectivity index (χ4v) is 3.97. The van der Waals surface area contributed by atoms with Gasteiger partial charge in [-0.2, -0.15) is 0 Å². The molecule has 1 aromatic carbocycles. The Hall–Kier alpha value is -1.71.